The fraction of sp³-hybridized carbons (Fsp3) is 0.389. The first kappa shape index (κ1) is 22.6. The molecule has 2 heterocycles. The van der Waals surface area contributed by atoms with Gasteiger partial charge in [0.1, 0.15) is 11.4 Å². The van der Waals surface area contributed by atoms with E-state index >= 15 is 0 Å². The third kappa shape index (κ3) is 4.66. The van der Waals surface area contributed by atoms with Crippen molar-refractivity contribution in [3.05, 3.63) is 35.0 Å². The largest absolute Gasteiger partial charge is 0.504 e. The fourth-order valence-electron chi connectivity index (χ4n) is 3.24. The molecule has 1 saturated heterocycles. The lowest BCUT2D eigenvalue weighted by Gasteiger charge is -2.30. The Hall–Kier alpha value is -3.06. The van der Waals surface area contributed by atoms with Gasteiger partial charge in [-0.1, -0.05) is 0 Å². The van der Waals surface area contributed by atoms with Crippen LogP contribution in [-0.4, -0.2) is 66.1 Å². The van der Waals surface area contributed by atoms with Gasteiger partial charge in [-0.25, -0.2) is 26.5 Å². The smallest absolute Gasteiger partial charge is 0.224 e. The zero-order chi connectivity index (χ0) is 22.9. The average Bonchev–Trinajstić information content (AvgIpc) is 2.70. The lowest BCUT2D eigenvalue weighted by Crippen LogP contribution is -2.42. The van der Waals surface area contributed by atoms with E-state index in [0.717, 1.165) is 19.6 Å². The average molecular weight is 457 g/mol. The van der Waals surface area contributed by atoms with Crippen LogP contribution < -0.4 is 15.8 Å². The molecular formula is C18H21F2N5O5S. The number of aromatic nitrogens is 2. The Labute approximate surface area is 177 Å². The number of nitrogens with two attached hydrogens (primary N) is 1. The molecule has 4 N–H and O–H groups in total. The molecule has 3 rings (SSSR count). The van der Waals surface area contributed by atoms with Crippen LogP contribution in [0.25, 0.3) is 0 Å². The van der Waals surface area contributed by atoms with Crippen LogP contribution in [0.1, 0.15) is 28.8 Å². The molecule has 0 atom stereocenters. The third-order valence-corrected chi connectivity index (χ3v) is 6.23. The van der Waals surface area contributed by atoms with Gasteiger partial charge in [0.15, 0.2) is 23.1 Å². The molecular weight excluding hydrogens is 436 g/mol. The Morgan fingerprint density at radius 3 is 2.55 bits per heavy atom. The number of piperidine rings is 1. The number of hydrogen-bond donors (Lipinski definition) is 3. The van der Waals surface area contributed by atoms with Crippen molar-refractivity contribution in [1.82, 2.24) is 14.3 Å². The summed E-state index contributed by atoms with van der Waals surface area (Å²) in [4.78, 5) is 20.7. The van der Waals surface area contributed by atoms with Crippen LogP contribution in [0, 0.1) is 11.6 Å². The molecule has 0 aliphatic carbocycles. The van der Waals surface area contributed by atoms with Gasteiger partial charge >= 0.3 is 0 Å². The predicted molar refractivity (Wildman–Crippen MR) is 108 cm³/mol. The summed E-state index contributed by atoms with van der Waals surface area (Å²) in [5.74, 6) is -5.55. The number of nitrogens with one attached hydrogen (secondary N) is 1. The molecule has 10 nitrogen and oxygen atoms in total. The lowest BCUT2D eigenvalue weighted by atomic mass is 10.0. The number of carbonyl (C=O) groups excluding carboxylic acids is 1. The first-order valence-electron chi connectivity index (χ1n) is 9.16. The van der Waals surface area contributed by atoms with Gasteiger partial charge in [0.25, 0.3) is 0 Å². The van der Waals surface area contributed by atoms with Crippen molar-refractivity contribution in [3.63, 3.8) is 0 Å². The summed E-state index contributed by atoms with van der Waals surface area (Å²) in [6, 6.07) is 0.497. The second-order valence-corrected chi connectivity index (χ2v) is 8.98. The van der Waals surface area contributed by atoms with Crippen molar-refractivity contribution < 1.29 is 31.8 Å². The van der Waals surface area contributed by atoms with Gasteiger partial charge in [0.05, 0.1) is 18.9 Å². The molecule has 31 heavy (non-hydrogen) atoms. The van der Waals surface area contributed by atoms with Crippen molar-refractivity contribution in [2.45, 2.75) is 18.9 Å². The molecule has 1 fully saturated rings. The molecule has 13 heteroatoms. The highest BCUT2D eigenvalue weighted by molar-refractivity contribution is 7.88. The van der Waals surface area contributed by atoms with Gasteiger partial charge in [-0.3, -0.25) is 4.79 Å². The van der Waals surface area contributed by atoms with E-state index in [1.807, 2.05) is 0 Å². The Balaban J connectivity index is 1.79. The Kier molecular flexibility index (Phi) is 6.27. The summed E-state index contributed by atoms with van der Waals surface area (Å²) in [6.45, 7) is 0.672. The molecule has 0 amide bonds. The number of sulfonamides is 1. The van der Waals surface area contributed by atoms with Crippen LogP contribution in [0.4, 0.5) is 20.5 Å². The highest BCUT2D eigenvalue weighted by Crippen LogP contribution is 2.35. The monoisotopic (exact) mass is 457 g/mol. The van der Waals surface area contributed by atoms with E-state index in [2.05, 4.69) is 15.3 Å². The molecule has 1 aromatic heterocycles. The number of ether oxygens (including phenoxy) is 1. The minimum atomic E-state index is -3.26. The molecule has 0 radical (unpaired) electrons. The summed E-state index contributed by atoms with van der Waals surface area (Å²) in [6.07, 6.45) is 3.21. The predicted octanol–water partition coefficient (Wildman–Crippen LogP) is 1.12. The molecule has 1 aliphatic rings. The highest BCUT2D eigenvalue weighted by atomic mass is 32.2. The normalized spacial score (nSPS) is 15.6. The number of nitrogens with zero attached hydrogens (tertiary/aromatic N) is 3. The second-order valence-electron chi connectivity index (χ2n) is 7.00. The third-order valence-electron chi connectivity index (χ3n) is 4.92. The zero-order valence-corrected chi connectivity index (χ0v) is 17.5. The van der Waals surface area contributed by atoms with Crippen LogP contribution >= 0.6 is 0 Å². The zero-order valence-electron chi connectivity index (χ0n) is 16.7. The maximum atomic E-state index is 14.2. The van der Waals surface area contributed by atoms with Crippen LogP contribution in [0.2, 0.25) is 0 Å². The summed E-state index contributed by atoms with van der Waals surface area (Å²) >= 11 is 0. The number of benzene rings is 1. The van der Waals surface area contributed by atoms with E-state index in [1.165, 1.54) is 4.31 Å². The van der Waals surface area contributed by atoms with Crippen molar-refractivity contribution in [3.8, 4) is 11.5 Å². The quantitative estimate of drug-likeness (QED) is 0.543. The van der Waals surface area contributed by atoms with Crippen molar-refractivity contribution >= 4 is 27.6 Å². The van der Waals surface area contributed by atoms with Gasteiger partial charge in [-0.05, 0) is 12.8 Å². The molecule has 0 unspecified atom stereocenters. The number of anilines is 2. The van der Waals surface area contributed by atoms with E-state index in [9.17, 15) is 27.1 Å². The summed E-state index contributed by atoms with van der Waals surface area (Å²) < 4.78 is 57.3. The number of hydrogen-bond acceptors (Lipinski definition) is 9. The van der Waals surface area contributed by atoms with Gasteiger partial charge in [-0.15, -0.1) is 0 Å². The number of methoxy groups -OCH3 is 1. The molecule has 168 valence electrons. The van der Waals surface area contributed by atoms with E-state index in [-0.39, 0.29) is 23.4 Å². The van der Waals surface area contributed by atoms with Crippen LogP contribution in [-0.2, 0) is 10.0 Å². The minimum Gasteiger partial charge on any atom is -0.504 e. The number of phenolic OH excluding ortho intramolecular Hbond substituents is 1. The number of halogens is 2. The van der Waals surface area contributed by atoms with Gasteiger partial charge in [-0.2, -0.15) is 4.98 Å². The van der Waals surface area contributed by atoms with E-state index < -0.39 is 44.5 Å². The van der Waals surface area contributed by atoms with Crippen molar-refractivity contribution in [2.75, 3.05) is 37.5 Å². The second kappa shape index (κ2) is 8.59. The molecule has 2 aromatic rings. The van der Waals surface area contributed by atoms with E-state index in [4.69, 9.17) is 10.5 Å². The van der Waals surface area contributed by atoms with E-state index in [0.29, 0.717) is 32.0 Å². The van der Waals surface area contributed by atoms with Gasteiger partial charge in [0.2, 0.25) is 21.8 Å². The van der Waals surface area contributed by atoms with Crippen molar-refractivity contribution in [2.24, 2.45) is 0 Å². The van der Waals surface area contributed by atoms with Crippen LogP contribution in [0.5, 0.6) is 11.5 Å². The van der Waals surface area contributed by atoms with Crippen LogP contribution in [0.3, 0.4) is 0 Å². The fourth-order valence-corrected chi connectivity index (χ4v) is 4.12. The van der Waals surface area contributed by atoms with Gasteiger partial charge in [0, 0.05) is 31.4 Å². The molecule has 0 spiro atoms. The molecule has 0 saturated carbocycles. The minimum absolute atomic E-state index is 0.0911. The summed E-state index contributed by atoms with van der Waals surface area (Å²) in [5.41, 5.74) is 4.55. The topological polar surface area (TPSA) is 148 Å². The standard InChI is InChI=1S/C18H21F2N5O5S/c1-30-12-7-11(19)14(20)13(16(12)27)15(26)10-8-22-18(24-17(10)21)23-9-3-5-25(6-4-9)31(2,28)29/h7-9,27H,3-6H2,1-2H3,(H3,21,22,23,24). The number of nitrogen functional groups attached to an aromatic ring is 1. The number of rotatable bonds is 6. The Morgan fingerprint density at radius 1 is 1.35 bits per heavy atom. The maximum Gasteiger partial charge on any atom is 0.224 e. The number of phenols is 1. The SMILES string of the molecule is COc1cc(F)c(F)c(C(=O)c2cnc(NC3CCN(S(C)(=O)=O)CC3)nc2N)c1O. The van der Waals surface area contributed by atoms with E-state index in [1.54, 1.807) is 0 Å². The number of carbonyl (C=O) groups is 1. The first-order chi connectivity index (χ1) is 14.5. The number of aromatic hydroxyl groups is 1. The molecule has 1 aliphatic heterocycles. The Bertz CT molecular complexity index is 1120. The first-order valence-corrected chi connectivity index (χ1v) is 11.0. The molecule has 1 aromatic carbocycles. The van der Waals surface area contributed by atoms with Gasteiger partial charge < -0.3 is 20.9 Å². The molecule has 0 bridgehead atoms. The number of ketones is 1. The maximum absolute atomic E-state index is 14.2. The van der Waals surface area contributed by atoms with Crippen molar-refractivity contribution in [1.29, 1.82) is 0 Å². The summed E-state index contributed by atoms with van der Waals surface area (Å²) in [7, 11) is -2.13. The highest BCUT2D eigenvalue weighted by Gasteiger charge is 2.28. The summed E-state index contributed by atoms with van der Waals surface area (Å²) in [5, 5.41) is 13.1. The Morgan fingerprint density at radius 2 is 2.00 bits per heavy atom. The lowest BCUT2D eigenvalue weighted by molar-refractivity contribution is 0.103. The van der Waals surface area contributed by atoms with Crippen LogP contribution in [0.15, 0.2) is 12.3 Å².